The summed E-state index contributed by atoms with van der Waals surface area (Å²) in [6.07, 6.45) is 0. The van der Waals surface area contributed by atoms with E-state index in [2.05, 4.69) is 25.9 Å². The Labute approximate surface area is 117 Å². The normalized spacial score (nSPS) is 11.1. The minimum absolute atomic E-state index is 0.188. The second-order valence-electron chi connectivity index (χ2n) is 4.34. The van der Waals surface area contributed by atoms with Gasteiger partial charge in [0.2, 0.25) is 0 Å². The molecule has 1 aromatic carbocycles. The molecule has 0 radical (unpaired) electrons. The molecule has 4 nitrogen and oxygen atoms in total. The lowest BCUT2D eigenvalue weighted by atomic mass is 10.1. The monoisotopic (exact) mass is 318 g/mol. The highest BCUT2D eigenvalue weighted by atomic mass is 79.9. The average Bonchev–Trinajstić information content (AvgIpc) is 2.71. The zero-order chi connectivity index (χ0) is 13.6. The van der Waals surface area contributed by atoms with Crippen molar-refractivity contribution in [2.75, 3.05) is 0 Å². The lowest BCUT2D eigenvalue weighted by Gasteiger charge is -2.02. The third-order valence-electron chi connectivity index (χ3n) is 3.04. The maximum atomic E-state index is 11.8. The van der Waals surface area contributed by atoms with Crippen LogP contribution in [-0.2, 0) is 0 Å². The van der Waals surface area contributed by atoms with Gasteiger partial charge in [0, 0.05) is 5.39 Å². The summed E-state index contributed by atoms with van der Waals surface area (Å²) in [6, 6.07) is 7.71. The van der Waals surface area contributed by atoms with Crippen LogP contribution >= 0.6 is 15.9 Å². The van der Waals surface area contributed by atoms with Crippen LogP contribution in [0.25, 0.3) is 22.4 Å². The smallest absolute Gasteiger partial charge is 0.265 e. The van der Waals surface area contributed by atoms with Gasteiger partial charge >= 0.3 is 0 Å². The van der Waals surface area contributed by atoms with Crippen LogP contribution in [0.15, 0.2) is 37.9 Å². The van der Waals surface area contributed by atoms with Gasteiger partial charge in [0.05, 0.1) is 11.3 Å². The molecule has 0 spiro atoms. The van der Waals surface area contributed by atoms with Crippen molar-refractivity contribution in [3.63, 3.8) is 0 Å². The van der Waals surface area contributed by atoms with Crippen molar-refractivity contribution >= 4 is 26.9 Å². The largest absolute Gasteiger partial charge is 0.461 e. The number of aryl methyl sites for hydroxylation is 2. The van der Waals surface area contributed by atoms with E-state index in [1.165, 1.54) is 0 Å². The lowest BCUT2D eigenvalue weighted by Crippen LogP contribution is -2.12. The molecule has 0 saturated carbocycles. The highest BCUT2D eigenvalue weighted by Crippen LogP contribution is 2.32. The fourth-order valence-electron chi connectivity index (χ4n) is 2.15. The SMILES string of the molecule is Cc1nc(-c2c(C)oc3ccccc23)[nH]c(=O)c1Br. The Morgan fingerprint density at radius 3 is 2.74 bits per heavy atom. The molecule has 0 aliphatic rings. The number of aromatic nitrogens is 2. The summed E-state index contributed by atoms with van der Waals surface area (Å²) in [5, 5.41) is 0.949. The number of fused-ring (bicyclic) bond motifs is 1. The number of nitrogens with zero attached hydrogens (tertiary/aromatic N) is 1. The number of benzene rings is 1. The highest BCUT2D eigenvalue weighted by molar-refractivity contribution is 9.10. The fraction of sp³-hybridized carbons (Fsp3) is 0.143. The predicted octanol–water partition coefficient (Wildman–Crippen LogP) is 3.56. The van der Waals surface area contributed by atoms with E-state index in [0.717, 1.165) is 22.3 Å². The van der Waals surface area contributed by atoms with Crippen LogP contribution < -0.4 is 5.56 Å². The van der Waals surface area contributed by atoms with E-state index in [1.807, 2.05) is 31.2 Å². The summed E-state index contributed by atoms with van der Waals surface area (Å²) in [4.78, 5) is 19.0. The second kappa shape index (κ2) is 4.35. The van der Waals surface area contributed by atoms with Crippen LogP contribution in [0.4, 0.5) is 0 Å². The molecule has 5 heteroatoms. The van der Waals surface area contributed by atoms with Crippen LogP contribution in [0.5, 0.6) is 0 Å². The molecule has 96 valence electrons. The van der Waals surface area contributed by atoms with Crippen molar-refractivity contribution in [2.24, 2.45) is 0 Å². The van der Waals surface area contributed by atoms with Gasteiger partial charge in [-0.15, -0.1) is 0 Å². The number of para-hydroxylation sites is 1. The van der Waals surface area contributed by atoms with Gasteiger partial charge in [0.1, 0.15) is 21.6 Å². The Balaban J connectivity index is 2.36. The van der Waals surface area contributed by atoms with E-state index in [0.29, 0.717) is 16.0 Å². The van der Waals surface area contributed by atoms with Gasteiger partial charge < -0.3 is 9.40 Å². The van der Waals surface area contributed by atoms with Crippen LogP contribution in [0, 0.1) is 13.8 Å². The first-order valence-corrected chi connectivity index (χ1v) is 6.62. The van der Waals surface area contributed by atoms with Crippen molar-refractivity contribution in [3.8, 4) is 11.4 Å². The molecule has 2 heterocycles. The van der Waals surface area contributed by atoms with Crippen LogP contribution in [0.1, 0.15) is 11.5 Å². The summed E-state index contributed by atoms with van der Waals surface area (Å²) in [5.74, 6) is 1.28. The van der Waals surface area contributed by atoms with Crippen LogP contribution in [0.3, 0.4) is 0 Å². The van der Waals surface area contributed by atoms with Crippen molar-refractivity contribution in [3.05, 3.63) is 50.5 Å². The van der Waals surface area contributed by atoms with E-state index in [9.17, 15) is 4.79 Å². The summed E-state index contributed by atoms with van der Waals surface area (Å²) in [6.45, 7) is 3.66. The molecule has 0 unspecified atom stereocenters. The number of furan rings is 1. The Kier molecular flexibility index (Phi) is 2.78. The van der Waals surface area contributed by atoms with E-state index in [4.69, 9.17) is 4.42 Å². The molecule has 19 heavy (non-hydrogen) atoms. The minimum atomic E-state index is -0.188. The van der Waals surface area contributed by atoms with Gasteiger partial charge in [0.15, 0.2) is 0 Å². The van der Waals surface area contributed by atoms with E-state index in [1.54, 1.807) is 6.92 Å². The molecular formula is C14H11BrN2O2. The third-order valence-corrected chi connectivity index (χ3v) is 3.97. The van der Waals surface area contributed by atoms with Crippen molar-refractivity contribution in [2.45, 2.75) is 13.8 Å². The maximum Gasteiger partial charge on any atom is 0.265 e. The Morgan fingerprint density at radius 2 is 2.00 bits per heavy atom. The molecule has 0 amide bonds. The lowest BCUT2D eigenvalue weighted by molar-refractivity contribution is 0.579. The molecule has 2 aromatic heterocycles. The number of hydrogen-bond acceptors (Lipinski definition) is 3. The first-order chi connectivity index (χ1) is 9.08. The Morgan fingerprint density at radius 1 is 1.26 bits per heavy atom. The number of H-pyrrole nitrogens is 1. The molecule has 0 aliphatic heterocycles. The number of halogens is 1. The predicted molar refractivity (Wildman–Crippen MR) is 77.2 cm³/mol. The molecule has 0 aliphatic carbocycles. The summed E-state index contributed by atoms with van der Waals surface area (Å²) < 4.78 is 6.15. The molecular weight excluding hydrogens is 308 g/mol. The van der Waals surface area contributed by atoms with Gasteiger partial charge in [-0.1, -0.05) is 18.2 Å². The number of aromatic amines is 1. The molecule has 0 saturated heterocycles. The third kappa shape index (κ3) is 1.90. The fourth-order valence-corrected chi connectivity index (χ4v) is 2.34. The molecule has 0 fully saturated rings. The molecule has 0 bridgehead atoms. The first kappa shape index (κ1) is 12.2. The zero-order valence-electron chi connectivity index (χ0n) is 10.5. The highest BCUT2D eigenvalue weighted by Gasteiger charge is 2.16. The van der Waals surface area contributed by atoms with Gasteiger partial charge in [-0.3, -0.25) is 4.79 Å². The topological polar surface area (TPSA) is 58.9 Å². The van der Waals surface area contributed by atoms with Crippen molar-refractivity contribution in [1.82, 2.24) is 9.97 Å². The van der Waals surface area contributed by atoms with E-state index >= 15 is 0 Å². The average molecular weight is 319 g/mol. The van der Waals surface area contributed by atoms with Gasteiger partial charge in [0.25, 0.3) is 5.56 Å². The molecule has 3 aromatic rings. The zero-order valence-corrected chi connectivity index (χ0v) is 12.0. The first-order valence-electron chi connectivity index (χ1n) is 5.83. The molecule has 0 atom stereocenters. The second-order valence-corrected chi connectivity index (χ2v) is 5.14. The maximum absolute atomic E-state index is 11.8. The van der Waals surface area contributed by atoms with Gasteiger partial charge in [-0.25, -0.2) is 4.98 Å². The quantitative estimate of drug-likeness (QED) is 0.746. The molecule has 1 N–H and O–H groups in total. The van der Waals surface area contributed by atoms with Gasteiger partial charge in [-0.2, -0.15) is 0 Å². The molecule has 3 rings (SSSR count). The Bertz CT molecular complexity index is 833. The number of nitrogens with one attached hydrogen (secondary N) is 1. The van der Waals surface area contributed by atoms with E-state index in [-0.39, 0.29) is 5.56 Å². The minimum Gasteiger partial charge on any atom is -0.461 e. The van der Waals surface area contributed by atoms with Crippen molar-refractivity contribution < 1.29 is 4.42 Å². The van der Waals surface area contributed by atoms with E-state index < -0.39 is 0 Å². The summed E-state index contributed by atoms with van der Waals surface area (Å²) in [7, 11) is 0. The summed E-state index contributed by atoms with van der Waals surface area (Å²) in [5.41, 5.74) is 2.09. The van der Waals surface area contributed by atoms with Crippen molar-refractivity contribution in [1.29, 1.82) is 0 Å². The number of hydrogen-bond donors (Lipinski definition) is 1. The standard InChI is InChI=1S/C14H11BrN2O2/c1-7-12(15)14(18)17-13(16-7)11-8(2)19-10-6-4-3-5-9(10)11/h3-6H,1-2H3,(H,16,17,18). The van der Waals surface area contributed by atoms with Crippen LogP contribution in [0.2, 0.25) is 0 Å². The van der Waals surface area contributed by atoms with Crippen LogP contribution in [-0.4, -0.2) is 9.97 Å². The summed E-state index contributed by atoms with van der Waals surface area (Å²) >= 11 is 3.22. The number of rotatable bonds is 1. The Hall–Kier alpha value is -1.88. The van der Waals surface area contributed by atoms with Gasteiger partial charge in [-0.05, 0) is 35.8 Å².